The van der Waals surface area contributed by atoms with Crippen LogP contribution in [0.1, 0.15) is 43.7 Å². The number of nitrogens with zero attached hydrogens (tertiary/aromatic N) is 2. The average molecular weight is 488 g/mol. The van der Waals surface area contributed by atoms with Gasteiger partial charge in [-0.3, -0.25) is 14.5 Å². The van der Waals surface area contributed by atoms with Gasteiger partial charge in [-0.15, -0.1) is 0 Å². The highest BCUT2D eigenvalue weighted by Gasteiger charge is 2.33. The van der Waals surface area contributed by atoms with Gasteiger partial charge in [-0.25, -0.2) is 0 Å². The van der Waals surface area contributed by atoms with E-state index >= 15 is 0 Å². The lowest BCUT2D eigenvalue weighted by Crippen LogP contribution is -2.54. The van der Waals surface area contributed by atoms with E-state index < -0.39 is 0 Å². The molecule has 0 bridgehead atoms. The Labute approximate surface area is 206 Å². The summed E-state index contributed by atoms with van der Waals surface area (Å²) >= 11 is 12.7. The maximum Gasteiger partial charge on any atom is 0.228 e. The number of piperazine rings is 1. The Hall–Kier alpha value is -2.08. The van der Waals surface area contributed by atoms with Gasteiger partial charge in [0.1, 0.15) is 0 Å². The Bertz CT molecular complexity index is 1010. The predicted octanol–water partition coefficient (Wildman–Crippen LogP) is 5.40. The molecule has 0 spiro atoms. The molecule has 1 aliphatic carbocycles. The fraction of sp³-hybridized carbons (Fsp3) is 0.462. The standard InChI is InChI=1S/C26H31Cl2N3O2/c1-18-16-30(12-13-31(18)26(33)20-7-2-3-8-20)17-21-9-5-11-23(25(21)28)29-24(32)15-19-6-4-10-22(27)14-19/h4-6,9-11,14,18,20H,2-3,7-8,12-13,15-17H2,1H3,(H,29,32)/t18-/m0/s1. The summed E-state index contributed by atoms with van der Waals surface area (Å²) in [4.78, 5) is 29.8. The molecule has 2 aromatic rings. The molecule has 1 heterocycles. The van der Waals surface area contributed by atoms with Crippen LogP contribution in [0.3, 0.4) is 0 Å². The van der Waals surface area contributed by atoms with Crippen molar-refractivity contribution < 1.29 is 9.59 Å². The first-order valence-electron chi connectivity index (χ1n) is 11.7. The van der Waals surface area contributed by atoms with Crippen LogP contribution in [0, 0.1) is 5.92 Å². The Morgan fingerprint density at radius 1 is 1.06 bits per heavy atom. The van der Waals surface area contributed by atoms with Gasteiger partial charge in [0.2, 0.25) is 11.8 Å². The summed E-state index contributed by atoms with van der Waals surface area (Å²) in [7, 11) is 0. The highest BCUT2D eigenvalue weighted by molar-refractivity contribution is 6.34. The van der Waals surface area contributed by atoms with E-state index in [1.54, 1.807) is 12.1 Å². The molecular weight excluding hydrogens is 457 g/mol. The maximum absolute atomic E-state index is 12.9. The normalized spacial score (nSPS) is 19.6. The number of carbonyl (C=O) groups is 2. The Morgan fingerprint density at radius 2 is 1.82 bits per heavy atom. The van der Waals surface area contributed by atoms with Gasteiger partial charge in [0, 0.05) is 43.2 Å². The molecule has 176 valence electrons. The number of rotatable bonds is 6. The molecular formula is C26H31Cl2N3O2. The maximum atomic E-state index is 12.9. The Kier molecular flexibility index (Phi) is 7.94. The van der Waals surface area contributed by atoms with Crippen LogP contribution in [0.25, 0.3) is 0 Å². The number of benzene rings is 2. The quantitative estimate of drug-likeness (QED) is 0.593. The molecule has 0 aromatic heterocycles. The number of hydrogen-bond acceptors (Lipinski definition) is 3. The molecule has 2 amide bonds. The third kappa shape index (κ3) is 6.08. The van der Waals surface area contributed by atoms with Crippen molar-refractivity contribution in [2.75, 3.05) is 25.0 Å². The minimum absolute atomic E-state index is 0.135. The van der Waals surface area contributed by atoms with E-state index in [0.29, 0.717) is 28.2 Å². The summed E-state index contributed by atoms with van der Waals surface area (Å²) in [5.41, 5.74) is 2.44. The first-order valence-corrected chi connectivity index (χ1v) is 12.5. The van der Waals surface area contributed by atoms with Crippen LogP contribution in [-0.4, -0.2) is 47.3 Å². The average Bonchev–Trinajstić information content (AvgIpc) is 3.31. The highest BCUT2D eigenvalue weighted by Crippen LogP contribution is 2.30. The lowest BCUT2D eigenvalue weighted by atomic mass is 10.0. The number of hydrogen-bond donors (Lipinski definition) is 1. The first kappa shape index (κ1) is 24.1. The summed E-state index contributed by atoms with van der Waals surface area (Å²) < 4.78 is 0. The van der Waals surface area contributed by atoms with Gasteiger partial charge in [0.15, 0.2) is 0 Å². The number of amides is 2. The zero-order valence-corrected chi connectivity index (χ0v) is 20.5. The molecule has 2 fully saturated rings. The van der Waals surface area contributed by atoms with Crippen molar-refractivity contribution in [3.63, 3.8) is 0 Å². The molecule has 0 radical (unpaired) electrons. The summed E-state index contributed by atoms with van der Waals surface area (Å²) in [5.74, 6) is 0.423. The topological polar surface area (TPSA) is 52.7 Å². The van der Waals surface area contributed by atoms with Crippen LogP contribution in [0.5, 0.6) is 0 Å². The minimum Gasteiger partial charge on any atom is -0.337 e. The molecule has 1 atom stereocenters. The SMILES string of the molecule is C[C@H]1CN(Cc2cccc(NC(=O)Cc3cccc(Cl)c3)c2Cl)CCN1C(=O)C1CCCC1. The van der Waals surface area contributed by atoms with Gasteiger partial charge in [-0.1, -0.05) is 60.3 Å². The van der Waals surface area contributed by atoms with E-state index in [-0.39, 0.29) is 24.3 Å². The molecule has 1 N–H and O–H groups in total. The molecule has 1 saturated carbocycles. The second kappa shape index (κ2) is 10.9. The van der Waals surface area contributed by atoms with Crippen LogP contribution in [0.15, 0.2) is 42.5 Å². The predicted molar refractivity (Wildman–Crippen MR) is 134 cm³/mol. The van der Waals surface area contributed by atoms with Crippen molar-refractivity contribution in [1.29, 1.82) is 0 Å². The fourth-order valence-corrected chi connectivity index (χ4v) is 5.42. The second-order valence-corrected chi connectivity index (χ2v) is 10.0. The minimum atomic E-state index is -0.135. The Balaban J connectivity index is 1.35. The molecule has 5 nitrogen and oxygen atoms in total. The molecule has 33 heavy (non-hydrogen) atoms. The van der Waals surface area contributed by atoms with E-state index in [2.05, 4.69) is 22.0 Å². The number of nitrogens with one attached hydrogen (secondary N) is 1. The summed E-state index contributed by atoms with van der Waals surface area (Å²) in [6.07, 6.45) is 4.66. The van der Waals surface area contributed by atoms with E-state index in [1.807, 2.05) is 30.3 Å². The van der Waals surface area contributed by atoms with Crippen LogP contribution < -0.4 is 5.32 Å². The van der Waals surface area contributed by atoms with Gasteiger partial charge >= 0.3 is 0 Å². The lowest BCUT2D eigenvalue weighted by molar-refractivity contribution is -0.140. The van der Waals surface area contributed by atoms with E-state index in [0.717, 1.165) is 43.6 Å². The first-order chi connectivity index (χ1) is 15.9. The second-order valence-electron chi connectivity index (χ2n) is 9.23. The molecule has 1 saturated heterocycles. The van der Waals surface area contributed by atoms with Gasteiger partial charge in [0.05, 0.1) is 17.1 Å². The molecule has 0 unspecified atom stereocenters. The van der Waals surface area contributed by atoms with Gasteiger partial charge in [-0.2, -0.15) is 0 Å². The van der Waals surface area contributed by atoms with Crippen molar-refractivity contribution in [2.24, 2.45) is 5.92 Å². The molecule has 2 aromatic carbocycles. The summed E-state index contributed by atoms with van der Waals surface area (Å²) in [5, 5.41) is 4.11. The monoisotopic (exact) mass is 487 g/mol. The largest absolute Gasteiger partial charge is 0.337 e. The van der Waals surface area contributed by atoms with Gasteiger partial charge in [-0.05, 0) is 49.1 Å². The van der Waals surface area contributed by atoms with Crippen LogP contribution in [0.4, 0.5) is 5.69 Å². The lowest BCUT2D eigenvalue weighted by Gasteiger charge is -2.41. The van der Waals surface area contributed by atoms with Crippen molar-refractivity contribution in [1.82, 2.24) is 9.80 Å². The third-order valence-electron chi connectivity index (χ3n) is 6.70. The summed E-state index contributed by atoms with van der Waals surface area (Å²) in [6, 6.07) is 13.2. The number of anilines is 1. The fourth-order valence-electron chi connectivity index (χ4n) is 4.98. The Morgan fingerprint density at radius 3 is 2.55 bits per heavy atom. The van der Waals surface area contributed by atoms with Crippen molar-refractivity contribution in [2.45, 2.75) is 51.6 Å². The number of carbonyl (C=O) groups excluding carboxylic acids is 2. The number of halogens is 2. The van der Waals surface area contributed by atoms with Crippen molar-refractivity contribution in [3.05, 3.63) is 63.6 Å². The van der Waals surface area contributed by atoms with E-state index in [9.17, 15) is 9.59 Å². The zero-order chi connectivity index (χ0) is 23.4. The van der Waals surface area contributed by atoms with E-state index in [1.165, 1.54) is 12.8 Å². The van der Waals surface area contributed by atoms with E-state index in [4.69, 9.17) is 23.2 Å². The zero-order valence-electron chi connectivity index (χ0n) is 19.0. The summed E-state index contributed by atoms with van der Waals surface area (Å²) in [6.45, 7) is 5.22. The molecule has 4 rings (SSSR count). The van der Waals surface area contributed by atoms with Crippen LogP contribution in [0.2, 0.25) is 10.0 Å². The van der Waals surface area contributed by atoms with Gasteiger partial charge in [0.25, 0.3) is 0 Å². The smallest absolute Gasteiger partial charge is 0.228 e. The molecule has 1 aliphatic heterocycles. The van der Waals surface area contributed by atoms with Crippen LogP contribution in [-0.2, 0) is 22.6 Å². The van der Waals surface area contributed by atoms with Gasteiger partial charge < -0.3 is 10.2 Å². The highest BCUT2D eigenvalue weighted by atomic mass is 35.5. The third-order valence-corrected chi connectivity index (χ3v) is 7.38. The van der Waals surface area contributed by atoms with Crippen LogP contribution >= 0.6 is 23.2 Å². The molecule has 2 aliphatic rings. The van der Waals surface area contributed by atoms with Crippen molar-refractivity contribution in [3.8, 4) is 0 Å². The molecule has 7 heteroatoms. The van der Waals surface area contributed by atoms with Crippen molar-refractivity contribution >= 4 is 40.7 Å².